The van der Waals surface area contributed by atoms with E-state index >= 15 is 0 Å². The molecular weight excluding hydrogens is 318 g/mol. The highest BCUT2D eigenvalue weighted by Crippen LogP contribution is 2.23. The van der Waals surface area contributed by atoms with Crippen LogP contribution in [0.25, 0.3) is 17.5 Å². The van der Waals surface area contributed by atoms with Gasteiger partial charge in [-0.15, -0.1) is 0 Å². The SMILES string of the molecule is Cc1oc(-c2ccccc2)nc1COc1cccc(C=CC(=O)O)c1. The molecule has 3 aromatic rings. The van der Waals surface area contributed by atoms with Gasteiger partial charge in [-0.3, -0.25) is 0 Å². The van der Waals surface area contributed by atoms with Crippen molar-refractivity contribution in [2.45, 2.75) is 13.5 Å². The number of rotatable bonds is 6. The van der Waals surface area contributed by atoms with Crippen molar-refractivity contribution >= 4 is 12.0 Å². The Kier molecular flexibility index (Phi) is 4.95. The summed E-state index contributed by atoms with van der Waals surface area (Å²) in [4.78, 5) is 15.1. The second-order valence-electron chi connectivity index (χ2n) is 5.42. The average Bonchev–Trinajstić information content (AvgIpc) is 3.00. The zero-order valence-corrected chi connectivity index (χ0v) is 13.7. The lowest BCUT2D eigenvalue weighted by atomic mass is 10.2. The molecule has 1 heterocycles. The third kappa shape index (κ3) is 4.35. The van der Waals surface area contributed by atoms with Crippen LogP contribution in [0.15, 0.2) is 65.1 Å². The fraction of sp³-hybridized carbons (Fsp3) is 0.100. The van der Waals surface area contributed by atoms with Crippen LogP contribution in [0.4, 0.5) is 0 Å². The number of hydrogen-bond donors (Lipinski definition) is 1. The molecule has 0 saturated heterocycles. The molecule has 0 aliphatic carbocycles. The molecule has 5 heteroatoms. The van der Waals surface area contributed by atoms with Crippen LogP contribution in [0.2, 0.25) is 0 Å². The summed E-state index contributed by atoms with van der Waals surface area (Å²) in [7, 11) is 0. The summed E-state index contributed by atoms with van der Waals surface area (Å²) in [5.74, 6) is 0.921. The lowest BCUT2D eigenvalue weighted by Gasteiger charge is -2.05. The molecule has 3 rings (SSSR count). The average molecular weight is 335 g/mol. The van der Waals surface area contributed by atoms with Crippen LogP contribution in [0, 0.1) is 6.92 Å². The Morgan fingerprint density at radius 2 is 2.00 bits per heavy atom. The predicted octanol–water partition coefficient (Wildman–Crippen LogP) is 4.33. The van der Waals surface area contributed by atoms with Gasteiger partial charge in [0.25, 0.3) is 0 Å². The van der Waals surface area contributed by atoms with E-state index in [1.165, 1.54) is 6.08 Å². The molecule has 0 radical (unpaired) electrons. The van der Waals surface area contributed by atoms with Crippen LogP contribution < -0.4 is 4.74 Å². The number of carbonyl (C=O) groups is 1. The minimum absolute atomic E-state index is 0.272. The lowest BCUT2D eigenvalue weighted by Crippen LogP contribution is -1.97. The number of ether oxygens (including phenoxy) is 1. The molecule has 0 spiro atoms. The van der Waals surface area contributed by atoms with Gasteiger partial charge < -0.3 is 14.3 Å². The number of hydrogen-bond acceptors (Lipinski definition) is 4. The molecule has 0 aliphatic heterocycles. The molecule has 126 valence electrons. The summed E-state index contributed by atoms with van der Waals surface area (Å²) < 4.78 is 11.5. The van der Waals surface area contributed by atoms with E-state index in [4.69, 9.17) is 14.3 Å². The van der Waals surface area contributed by atoms with E-state index in [0.29, 0.717) is 17.4 Å². The van der Waals surface area contributed by atoms with Gasteiger partial charge in [0.15, 0.2) is 0 Å². The van der Waals surface area contributed by atoms with Crippen molar-refractivity contribution in [1.29, 1.82) is 0 Å². The topological polar surface area (TPSA) is 72.6 Å². The quantitative estimate of drug-likeness (QED) is 0.679. The molecule has 25 heavy (non-hydrogen) atoms. The molecule has 0 aliphatic rings. The van der Waals surface area contributed by atoms with Crippen molar-refractivity contribution in [3.05, 3.63) is 77.7 Å². The first kappa shape index (κ1) is 16.5. The van der Waals surface area contributed by atoms with E-state index in [1.807, 2.05) is 49.4 Å². The molecule has 0 bridgehead atoms. The number of aliphatic carboxylic acids is 1. The van der Waals surface area contributed by atoms with Gasteiger partial charge in [0.2, 0.25) is 5.89 Å². The first-order valence-electron chi connectivity index (χ1n) is 7.77. The summed E-state index contributed by atoms with van der Waals surface area (Å²) in [5.41, 5.74) is 2.39. The maximum absolute atomic E-state index is 10.6. The highest BCUT2D eigenvalue weighted by atomic mass is 16.5. The largest absolute Gasteiger partial charge is 0.487 e. The summed E-state index contributed by atoms with van der Waals surface area (Å²) in [5, 5.41) is 8.69. The molecular formula is C20H17NO4. The number of oxazole rings is 1. The van der Waals surface area contributed by atoms with E-state index in [-0.39, 0.29) is 6.61 Å². The molecule has 0 unspecified atom stereocenters. The molecule has 0 saturated carbocycles. The van der Waals surface area contributed by atoms with E-state index in [1.54, 1.807) is 12.1 Å². The Bertz CT molecular complexity index is 897. The van der Waals surface area contributed by atoms with Gasteiger partial charge >= 0.3 is 5.97 Å². The summed E-state index contributed by atoms with van der Waals surface area (Å²) in [6, 6.07) is 16.9. The van der Waals surface area contributed by atoms with E-state index in [2.05, 4.69) is 4.98 Å². The van der Waals surface area contributed by atoms with Crippen molar-refractivity contribution in [3.8, 4) is 17.2 Å². The Morgan fingerprint density at radius 1 is 1.20 bits per heavy atom. The van der Waals surface area contributed by atoms with Crippen LogP contribution in [-0.4, -0.2) is 16.1 Å². The van der Waals surface area contributed by atoms with Crippen LogP contribution in [0.1, 0.15) is 17.0 Å². The standard InChI is InChI=1S/C20H17NO4/c1-14-18(21-20(25-14)16-7-3-2-4-8-16)13-24-17-9-5-6-15(12-17)10-11-19(22)23/h2-12H,13H2,1H3,(H,22,23). The minimum Gasteiger partial charge on any atom is -0.487 e. The van der Waals surface area contributed by atoms with Gasteiger partial charge in [-0.2, -0.15) is 0 Å². The zero-order valence-electron chi connectivity index (χ0n) is 13.7. The molecule has 0 atom stereocenters. The smallest absolute Gasteiger partial charge is 0.328 e. The fourth-order valence-corrected chi connectivity index (χ4v) is 2.29. The van der Waals surface area contributed by atoms with E-state index < -0.39 is 5.97 Å². The Hall–Kier alpha value is -3.34. The minimum atomic E-state index is -0.988. The lowest BCUT2D eigenvalue weighted by molar-refractivity contribution is -0.131. The number of aryl methyl sites for hydroxylation is 1. The monoisotopic (exact) mass is 335 g/mol. The van der Waals surface area contributed by atoms with E-state index in [9.17, 15) is 4.79 Å². The fourth-order valence-electron chi connectivity index (χ4n) is 2.29. The number of aromatic nitrogens is 1. The number of benzene rings is 2. The molecule has 0 fully saturated rings. The summed E-state index contributed by atoms with van der Waals surface area (Å²) in [6.07, 6.45) is 2.61. The Morgan fingerprint density at radius 3 is 2.76 bits per heavy atom. The van der Waals surface area contributed by atoms with Crippen molar-refractivity contribution < 1.29 is 19.1 Å². The van der Waals surface area contributed by atoms with Crippen molar-refractivity contribution in [2.75, 3.05) is 0 Å². The highest BCUT2D eigenvalue weighted by Gasteiger charge is 2.11. The van der Waals surface area contributed by atoms with Crippen LogP contribution in [-0.2, 0) is 11.4 Å². The summed E-state index contributed by atoms with van der Waals surface area (Å²) in [6.45, 7) is 2.12. The van der Waals surface area contributed by atoms with E-state index in [0.717, 1.165) is 22.9 Å². The van der Waals surface area contributed by atoms with Gasteiger partial charge in [0.1, 0.15) is 23.8 Å². The maximum Gasteiger partial charge on any atom is 0.328 e. The summed E-state index contributed by atoms with van der Waals surface area (Å²) >= 11 is 0. The number of nitrogens with zero attached hydrogens (tertiary/aromatic N) is 1. The zero-order chi connectivity index (χ0) is 17.6. The molecule has 1 N–H and O–H groups in total. The number of carboxylic acids is 1. The second-order valence-corrected chi connectivity index (χ2v) is 5.42. The normalized spacial score (nSPS) is 10.9. The van der Waals surface area contributed by atoms with Gasteiger partial charge in [-0.25, -0.2) is 9.78 Å². The first-order chi connectivity index (χ1) is 12.1. The molecule has 0 amide bonds. The highest BCUT2D eigenvalue weighted by molar-refractivity contribution is 5.85. The van der Waals surface area contributed by atoms with Crippen LogP contribution in [0.5, 0.6) is 5.75 Å². The Labute approximate surface area is 145 Å². The maximum atomic E-state index is 10.6. The van der Waals surface area contributed by atoms with Gasteiger partial charge in [0.05, 0.1) is 0 Å². The van der Waals surface area contributed by atoms with Crippen molar-refractivity contribution in [2.24, 2.45) is 0 Å². The number of carboxylic acid groups (broad SMARTS) is 1. The van der Waals surface area contributed by atoms with Gasteiger partial charge in [0, 0.05) is 11.6 Å². The first-order valence-corrected chi connectivity index (χ1v) is 7.77. The third-order valence-electron chi connectivity index (χ3n) is 3.57. The Balaban J connectivity index is 1.71. The van der Waals surface area contributed by atoms with Gasteiger partial charge in [-0.1, -0.05) is 30.3 Å². The van der Waals surface area contributed by atoms with Crippen molar-refractivity contribution in [1.82, 2.24) is 4.98 Å². The van der Waals surface area contributed by atoms with Gasteiger partial charge in [-0.05, 0) is 42.8 Å². The predicted molar refractivity (Wildman–Crippen MR) is 94.1 cm³/mol. The van der Waals surface area contributed by atoms with Crippen LogP contribution in [0.3, 0.4) is 0 Å². The van der Waals surface area contributed by atoms with Crippen LogP contribution >= 0.6 is 0 Å². The third-order valence-corrected chi connectivity index (χ3v) is 3.57. The van der Waals surface area contributed by atoms with Crippen molar-refractivity contribution in [3.63, 3.8) is 0 Å². The molecule has 2 aromatic carbocycles. The second kappa shape index (κ2) is 7.49. The molecule has 5 nitrogen and oxygen atoms in total. The molecule has 1 aromatic heterocycles.